The Balaban J connectivity index is 1.95. The van der Waals surface area contributed by atoms with Gasteiger partial charge in [0.15, 0.2) is 6.61 Å². The van der Waals surface area contributed by atoms with E-state index in [0.717, 1.165) is 5.56 Å². The molecule has 0 fully saturated rings. The van der Waals surface area contributed by atoms with Crippen molar-refractivity contribution in [1.29, 1.82) is 0 Å². The first-order valence-corrected chi connectivity index (χ1v) is 9.40. The Morgan fingerprint density at radius 2 is 1.81 bits per heavy atom. The number of carbonyl (C=O) groups excluding carboxylic acids is 2. The van der Waals surface area contributed by atoms with Gasteiger partial charge in [-0.25, -0.2) is 22.3 Å². The highest BCUT2D eigenvalue weighted by Crippen LogP contribution is 2.12. The van der Waals surface area contributed by atoms with Gasteiger partial charge in [0.05, 0.1) is 10.5 Å². The average molecular weight is 394 g/mol. The number of halogens is 1. The Morgan fingerprint density at radius 1 is 1.15 bits per heavy atom. The van der Waals surface area contributed by atoms with Crippen LogP contribution in [0.3, 0.4) is 0 Å². The van der Waals surface area contributed by atoms with Crippen LogP contribution in [-0.4, -0.2) is 45.9 Å². The molecule has 1 N–H and O–H groups in total. The predicted octanol–water partition coefficient (Wildman–Crippen LogP) is 1.55. The number of sulfonamides is 1. The van der Waals surface area contributed by atoms with Crippen LogP contribution in [0.25, 0.3) is 0 Å². The van der Waals surface area contributed by atoms with Gasteiger partial charge in [0.1, 0.15) is 5.82 Å². The van der Waals surface area contributed by atoms with E-state index in [9.17, 15) is 22.4 Å². The summed E-state index contributed by atoms with van der Waals surface area (Å²) in [4.78, 5) is 25.4. The zero-order valence-corrected chi connectivity index (χ0v) is 15.6. The number of hydrogen-bond donors (Lipinski definition) is 1. The summed E-state index contributed by atoms with van der Waals surface area (Å²) in [6.45, 7) is -0.272. The molecule has 0 heterocycles. The molecule has 0 bridgehead atoms. The molecule has 2 aromatic rings. The molecule has 0 aliphatic heterocycles. The van der Waals surface area contributed by atoms with E-state index in [1.54, 1.807) is 12.1 Å². The van der Waals surface area contributed by atoms with Crippen LogP contribution >= 0.6 is 0 Å². The van der Waals surface area contributed by atoms with E-state index in [1.165, 1.54) is 55.4 Å². The fourth-order valence-electron chi connectivity index (χ4n) is 2.18. The largest absolute Gasteiger partial charge is 0.452 e. The summed E-state index contributed by atoms with van der Waals surface area (Å²) < 4.78 is 43.6. The van der Waals surface area contributed by atoms with Crippen LogP contribution < -0.4 is 4.72 Å². The minimum Gasteiger partial charge on any atom is -0.452 e. The van der Waals surface area contributed by atoms with E-state index < -0.39 is 28.5 Å². The van der Waals surface area contributed by atoms with Crippen LogP contribution in [0.15, 0.2) is 53.4 Å². The van der Waals surface area contributed by atoms with Crippen molar-refractivity contribution in [3.8, 4) is 0 Å². The number of esters is 1. The molecule has 0 atom stereocenters. The maximum atomic E-state index is 12.9. The molecule has 0 aliphatic carbocycles. The Kier molecular flexibility index (Phi) is 6.65. The number of nitrogens with zero attached hydrogens (tertiary/aromatic N) is 1. The number of carbonyl (C=O) groups is 2. The van der Waals surface area contributed by atoms with Crippen molar-refractivity contribution in [3.05, 3.63) is 65.5 Å². The van der Waals surface area contributed by atoms with Gasteiger partial charge in [0, 0.05) is 13.6 Å². The van der Waals surface area contributed by atoms with E-state index in [2.05, 4.69) is 4.72 Å². The highest BCUT2D eigenvalue weighted by molar-refractivity contribution is 7.89. The molecule has 0 saturated heterocycles. The lowest BCUT2D eigenvalue weighted by molar-refractivity contribution is -0.133. The molecule has 0 unspecified atom stereocenters. The molecule has 0 radical (unpaired) electrons. The number of rotatable bonds is 7. The summed E-state index contributed by atoms with van der Waals surface area (Å²) in [6, 6.07) is 11.0. The second-order valence-electron chi connectivity index (χ2n) is 5.69. The molecular formula is C18H19FN2O5S. The Labute approximate surface area is 156 Å². The zero-order valence-electron chi connectivity index (χ0n) is 14.8. The SMILES string of the molecule is CNS(=O)(=O)c1cccc(C(=O)OCC(=O)N(C)Cc2ccc(F)cc2)c1. The normalized spacial score (nSPS) is 11.1. The van der Waals surface area contributed by atoms with E-state index in [-0.39, 0.29) is 22.8 Å². The van der Waals surface area contributed by atoms with Gasteiger partial charge in [0.2, 0.25) is 10.0 Å². The number of hydrogen-bond acceptors (Lipinski definition) is 5. The molecular weight excluding hydrogens is 375 g/mol. The van der Waals surface area contributed by atoms with Crippen LogP contribution in [0.2, 0.25) is 0 Å². The summed E-state index contributed by atoms with van der Waals surface area (Å²) in [7, 11) is -0.909. The third kappa shape index (κ3) is 5.60. The van der Waals surface area contributed by atoms with Crippen LogP contribution in [0.1, 0.15) is 15.9 Å². The molecule has 0 aromatic heterocycles. The third-order valence-electron chi connectivity index (χ3n) is 3.73. The number of benzene rings is 2. The summed E-state index contributed by atoms with van der Waals surface area (Å²) in [6.07, 6.45) is 0. The lowest BCUT2D eigenvalue weighted by atomic mass is 10.2. The lowest BCUT2D eigenvalue weighted by Crippen LogP contribution is -2.30. The Bertz CT molecular complexity index is 929. The molecule has 1 amide bonds. The van der Waals surface area contributed by atoms with Gasteiger partial charge < -0.3 is 9.64 Å². The predicted molar refractivity (Wildman–Crippen MR) is 95.8 cm³/mol. The fourth-order valence-corrected chi connectivity index (χ4v) is 2.96. The topological polar surface area (TPSA) is 92.8 Å². The monoisotopic (exact) mass is 394 g/mol. The molecule has 144 valence electrons. The average Bonchev–Trinajstić information content (AvgIpc) is 2.67. The first-order valence-electron chi connectivity index (χ1n) is 7.92. The van der Waals surface area contributed by atoms with Crippen molar-refractivity contribution in [2.75, 3.05) is 20.7 Å². The second kappa shape index (κ2) is 8.74. The molecule has 0 saturated carbocycles. The molecule has 9 heteroatoms. The number of amides is 1. The van der Waals surface area contributed by atoms with Gasteiger partial charge in [-0.1, -0.05) is 18.2 Å². The van der Waals surface area contributed by atoms with Crippen molar-refractivity contribution >= 4 is 21.9 Å². The van der Waals surface area contributed by atoms with E-state index in [1.807, 2.05) is 0 Å². The number of nitrogens with one attached hydrogen (secondary N) is 1. The minimum absolute atomic E-state index is 0.0142. The molecule has 0 spiro atoms. The quantitative estimate of drug-likeness (QED) is 0.720. The van der Waals surface area contributed by atoms with Gasteiger partial charge >= 0.3 is 5.97 Å². The highest BCUT2D eigenvalue weighted by atomic mass is 32.2. The summed E-state index contributed by atoms with van der Waals surface area (Å²) in [5, 5.41) is 0. The fraction of sp³-hybridized carbons (Fsp3) is 0.222. The van der Waals surface area contributed by atoms with E-state index >= 15 is 0 Å². The first kappa shape index (κ1) is 20.5. The van der Waals surface area contributed by atoms with Gasteiger partial charge in [-0.15, -0.1) is 0 Å². The highest BCUT2D eigenvalue weighted by Gasteiger charge is 2.17. The van der Waals surface area contributed by atoms with Gasteiger partial charge in [-0.2, -0.15) is 0 Å². The maximum Gasteiger partial charge on any atom is 0.338 e. The van der Waals surface area contributed by atoms with Crippen LogP contribution in [0.4, 0.5) is 4.39 Å². The maximum absolute atomic E-state index is 12.9. The first-order chi connectivity index (χ1) is 12.7. The van der Waals surface area contributed by atoms with Crippen LogP contribution in [0.5, 0.6) is 0 Å². The van der Waals surface area contributed by atoms with Crippen molar-refractivity contribution in [1.82, 2.24) is 9.62 Å². The lowest BCUT2D eigenvalue weighted by Gasteiger charge is -2.17. The summed E-state index contributed by atoms with van der Waals surface area (Å²) in [5.74, 6) is -1.64. The van der Waals surface area contributed by atoms with Gasteiger partial charge in [0.25, 0.3) is 5.91 Å². The zero-order chi connectivity index (χ0) is 20.0. The molecule has 2 rings (SSSR count). The Hall–Kier alpha value is -2.78. The third-order valence-corrected chi connectivity index (χ3v) is 5.15. The minimum atomic E-state index is -3.70. The Morgan fingerprint density at radius 3 is 2.44 bits per heavy atom. The van der Waals surface area contributed by atoms with Gasteiger partial charge in [-0.05, 0) is 42.9 Å². The van der Waals surface area contributed by atoms with E-state index in [0.29, 0.717) is 0 Å². The van der Waals surface area contributed by atoms with Crippen molar-refractivity contribution in [3.63, 3.8) is 0 Å². The molecule has 27 heavy (non-hydrogen) atoms. The number of ether oxygens (including phenoxy) is 1. The summed E-state index contributed by atoms with van der Waals surface area (Å²) >= 11 is 0. The standard InChI is InChI=1S/C18H19FN2O5S/c1-20-27(24,25)16-5-3-4-14(10-16)18(23)26-12-17(22)21(2)11-13-6-8-15(19)9-7-13/h3-10,20H,11-12H2,1-2H3. The van der Waals surface area contributed by atoms with Crippen LogP contribution in [0, 0.1) is 5.82 Å². The molecule has 7 nitrogen and oxygen atoms in total. The second-order valence-corrected chi connectivity index (χ2v) is 7.57. The van der Waals surface area contributed by atoms with Crippen molar-refractivity contribution in [2.24, 2.45) is 0 Å². The van der Waals surface area contributed by atoms with Gasteiger partial charge in [-0.3, -0.25) is 4.79 Å². The molecule has 2 aromatic carbocycles. The van der Waals surface area contributed by atoms with Crippen LogP contribution in [-0.2, 0) is 26.1 Å². The smallest absolute Gasteiger partial charge is 0.338 e. The number of likely N-dealkylation sites (N-methyl/N-ethyl adjacent to an activating group) is 1. The van der Waals surface area contributed by atoms with E-state index in [4.69, 9.17) is 4.74 Å². The van der Waals surface area contributed by atoms with Crippen molar-refractivity contribution in [2.45, 2.75) is 11.4 Å². The van der Waals surface area contributed by atoms with Crippen molar-refractivity contribution < 1.29 is 27.1 Å². The summed E-state index contributed by atoms with van der Waals surface area (Å²) in [5.41, 5.74) is 0.740. The molecule has 0 aliphatic rings.